The van der Waals surface area contributed by atoms with Crippen molar-refractivity contribution in [3.05, 3.63) is 54.0 Å². The Hall–Kier alpha value is -2.09. The Morgan fingerprint density at radius 2 is 1.94 bits per heavy atom. The van der Waals surface area contributed by atoms with E-state index < -0.39 is 0 Å². The second kappa shape index (κ2) is 3.74. The van der Waals surface area contributed by atoms with Gasteiger partial charge >= 0.3 is 0 Å². The second-order valence-corrected chi connectivity index (χ2v) is 4.44. The van der Waals surface area contributed by atoms with Gasteiger partial charge in [-0.2, -0.15) is 0 Å². The zero-order valence-electron chi connectivity index (χ0n) is 9.99. The smallest absolute Gasteiger partial charge is 0.0456 e. The first-order valence-corrected chi connectivity index (χ1v) is 5.74. The van der Waals surface area contributed by atoms with Gasteiger partial charge in [0.25, 0.3) is 0 Å². The highest BCUT2D eigenvalue weighted by Crippen LogP contribution is 2.26. The monoisotopic (exact) mass is 222 g/mol. The average Bonchev–Trinajstić information content (AvgIpc) is 2.76. The van der Waals surface area contributed by atoms with Crippen molar-refractivity contribution < 1.29 is 0 Å². The van der Waals surface area contributed by atoms with Crippen LogP contribution in [0.2, 0.25) is 0 Å². The summed E-state index contributed by atoms with van der Waals surface area (Å²) in [7, 11) is 0. The van der Waals surface area contributed by atoms with Gasteiger partial charge in [0.05, 0.1) is 0 Å². The molecule has 0 spiro atoms. The van der Waals surface area contributed by atoms with E-state index in [1.165, 1.54) is 27.6 Å². The SMILES string of the molecule is Cc1ccc(-c2cc(C)c3ccncc3c2)[nH]1. The van der Waals surface area contributed by atoms with E-state index in [1.807, 2.05) is 12.4 Å². The van der Waals surface area contributed by atoms with Crippen molar-refractivity contribution in [3.63, 3.8) is 0 Å². The Bertz CT molecular complexity index is 680. The molecule has 0 saturated carbocycles. The lowest BCUT2D eigenvalue weighted by molar-refractivity contribution is 1.27. The summed E-state index contributed by atoms with van der Waals surface area (Å²) < 4.78 is 0. The van der Waals surface area contributed by atoms with Gasteiger partial charge in [0, 0.05) is 29.2 Å². The minimum Gasteiger partial charge on any atom is -0.359 e. The van der Waals surface area contributed by atoms with Gasteiger partial charge in [-0.15, -0.1) is 0 Å². The summed E-state index contributed by atoms with van der Waals surface area (Å²) in [5.74, 6) is 0. The molecule has 0 aliphatic heterocycles. The molecule has 2 heterocycles. The fourth-order valence-corrected chi connectivity index (χ4v) is 2.23. The Morgan fingerprint density at radius 3 is 2.71 bits per heavy atom. The largest absolute Gasteiger partial charge is 0.359 e. The van der Waals surface area contributed by atoms with Crippen LogP contribution in [0.1, 0.15) is 11.3 Å². The summed E-state index contributed by atoms with van der Waals surface area (Å²) in [6.45, 7) is 4.21. The fraction of sp³-hybridized carbons (Fsp3) is 0.133. The zero-order valence-corrected chi connectivity index (χ0v) is 9.99. The molecule has 2 nitrogen and oxygen atoms in total. The molecule has 0 atom stereocenters. The molecule has 3 rings (SSSR count). The maximum Gasteiger partial charge on any atom is 0.0456 e. The summed E-state index contributed by atoms with van der Waals surface area (Å²) in [6.07, 6.45) is 3.76. The zero-order chi connectivity index (χ0) is 11.8. The van der Waals surface area contributed by atoms with Gasteiger partial charge in [0.1, 0.15) is 0 Å². The molecule has 17 heavy (non-hydrogen) atoms. The molecular formula is C15H14N2. The van der Waals surface area contributed by atoms with Gasteiger partial charge in [-0.05, 0) is 60.7 Å². The maximum absolute atomic E-state index is 4.18. The molecule has 1 N–H and O–H groups in total. The van der Waals surface area contributed by atoms with E-state index >= 15 is 0 Å². The van der Waals surface area contributed by atoms with Crippen LogP contribution in [-0.4, -0.2) is 9.97 Å². The van der Waals surface area contributed by atoms with Crippen LogP contribution in [0.3, 0.4) is 0 Å². The lowest BCUT2D eigenvalue weighted by Crippen LogP contribution is -1.84. The number of H-pyrrole nitrogens is 1. The Labute approximate surface area is 100 Å². The van der Waals surface area contributed by atoms with Crippen molar-refractivity contribution in [2.45, 2.75) is 13.8 Å². The normalized spacial score (nSPS) is 10.9. The number of aromatic nitrogens is 2. The van der Waals surface area contributed by atoms with E-state index in [2.05, 4.69) is 54.1 Å². The molecule has 0 bridgehead atoms. The lowest BCUT2D eigenvalue weighted by Gasteiger charge is -2.05. The van der Waals surface area contributed by atoms with Crippen LogP contribution in [0.5, 0.6) is 0 Å². The fourth-order valence-electron chi connectivity index (χ4n) is 2.23. The number of hydrogen-bond acceptors (Lipinski definition) is 1. The molecular weight excluding hydrogens is 208 g/mol. The van der Waals surface area contributed by atoms with Crippen LogP contribution in [-0.2, 0) is 0 Å². The number of aryl methyl sites for hydroxylation is 2. The van der Waals surface area contributed by atoms with Gasteiger partial charge in [0.15, 0.2) is 0 Å². The number of rotatable bonds is 1. The third kappa shape index (κ3) is 1.72. The summed E-state index contributed by atoms with van der Waals surface area (Å²) in [5, 5.41) is 2.46. The van der Waals surface area contributed by atoms with Crippen LogP contribution in [0.4, 0.5) is 0 Å². The van der Waals surface area contributed by atoms with Crippen molar-refractivity contribution in [2.24, 2.45) is 0 Å². The van der Waals surface area contributed by atoms with Crippen LogP contribution in [0.25, 0.3) is 22.0 Å². The second-order valence-electron chi connectivity index (χ2n) is 4.44. The number of hydrogen-bond donors (Lipinski definition) is 1. The van der Waals surface area contributed by atoms with Gasteiger partial charge in [0.2, 0.25) is 0 Å². The quantitative estimate of drug-likeness (QED) is 0.665. The summed E-state index contributed by atoms with van der Waals surface area (Å²) >= 11 is 0. The molecule has 2 heteroatoms. The number of pyridine rings is 1. The van der Waals surface area contributed by atoms with Crippen LogP contribution >= 0.6 is 0 Å². The Morgan fingerprint density at radius 1 is 1.06 bits per heavy atom. The Kier molecular flexibility index (Phi) is 2.22. The average molecular weight is 222 g/mol. The van der Waals surface area contributed by atoms with Crippen molar-refractivity contribution in [2.75, 3.05) is 0 Å². The van der Waals surface area contributed by atoms with Crippen LogP contribution < -0.4 is 0 Å². The van der Waals surface area contributed by atoms with E-state index in [1.54, 1.807) is 0 Å². The predicted molar refractivity (Wildman–Crippen MR) is 71.0 cm³/mol. The van der Waals surface area contributed by atoms with Crippen LogP contribution in [0, 0.1) is 13.8 Å². The highest BCUT2D eigenvalue weighted by Gasteiger charge is 2.04. The molecule has 3 aromatic rings. The van der Waals surface area contributed by atoms with Gasteiger partial charge < -0.3 is 4.98 Å². The number of aromatic amines is 1. The number of nitrogens with one attached hydrogen (secondary N) is 1. The highest BCUT2D eigenvalue weighted by molar-refractivity contribution is 5.89. The van der Waals surface area contributed by atoms with Gasteiger partial charge in [-0.1, -0.05) is 0 Å². The van der Waals surface area contributed by atoms with Crippen LogP contribution in [0.15, 0.2) is 42.7 Å². The summed E-state index contributed by atoms with van der Waals surface area (Å²) in [6, 6.07) is 10.7. The molecule has 2 aromatic heterocycles. The van der Waals surface area contributed by atoms with E-state index in [9.17, 15) is 0 Å². The summed E-state index contributed by atoms with van der Waals surface area (Å²) in [5.41, 5.74) is 4.85. The molecule has 0 aliphatic carbocycles. The molecule has 0 aliphatic rings. The number of benzene rings is 1. The third-order valence-electron chi connectivity index (χ3n) is 3.10. The third-order valence-corrected chi connectivity index (χ3v) is 3.10. The first-order valence-electron chi connectivity index (χ1n) is 5.74. The van der Waals surface area contributed by atoms with Crippen molar-refractivity contribution in [1.29, 1.82) is 0 Å². The molecule has 0 saturated heterocycles. The minimum absolute atomic E-state index is 1.16. The molecule has 1 aromatic carbocycles. The van der Waals surface area contributed by atoms with Gasteiger partial charge in [-0.25, -0.2) is 0 Å². The molecule has 0 radical (unpaired) electrons. The Balaban J connectivity index is 2.25. The number of fused-ring (bicyclic) bond motifs is 1. The topological polar surface area (TPSA) is 28.7 Å². The molecule has 0 unspecified atom stereocenters. The molecule has 0 fully saturated rings. The molecule has 84 valence electrons. The highest BCUT2D eigenvalue weighted by atomic mass is 14.7. The lowest BCUT2D eigenvalue weighted by atomic mass is 10.0. The van der Waals surface area contributed by atoms with E-state index in [-0.39, 0.29) is 0 Å². The van der Waals surface area contributed by atoms with Crippen molar-refractivity contribution in [1.82, 2.24) is 9.97 Å². The van der Waals surface area contributed by atoms with Gasteiger partial charge in [-0.3, -0.25) is 4.98 Å². The standard InChI is InChI=1S/C15H14N2/c1-10-7-12(15-4-3-11(2)17-15)8-13-9-16-6-5-14(10)13/h3-9,17H,1-2H3. The number of nitrogens with zero attached hydrogens (tertiary/aromatic N) is 1. The maximum atomic E-state index is 4.18. The summed E-state index contributed by atoms with van der Waals surface area (Å²) in [4.78, 5) is 7.55. The van der Waals surface area contributed by atoms with E-state index in [4.69, 9.17) is 0 Å². The minimum atomic E-state index is 1.16. The first-order chi connectivity index (χ1) is 8.24. The predicted octanol–water partition coefficient (Wildman–Crippen LogP) is 3.85. The van der Waals surface area contributed by atoms with Crippen molar-refractivity contribution in [3.8, 4) is 11.3 Å². The van der Waals surface area contributed by atoms with E-state index in [0.29, 0.717) is 0 Å². The molecule has 0 amide bonds. The van der Waals surface area contributed by atoms with Crippen molar-refractivity contribution >= 4 is 10.8 Å². The first kappa shape index (κ1) is 10.1. The van der Waals surface area contributed by atoms with E-state index in [0.717, 1.165) is 5.69 Å².